The Bertz CT molecular complexity index is 386. The number of hydrogen-bond donors (Lipinski definition) is 2. The summed E-state index contributed by atoms with van der Waals surface area (Å²) in [5.74, 6) is -0.0759. The van der Waals surface area contributed by atoms with Crippen LogP contribution in [0.25, 0.3) is 0 Å². The van der Waals surface area contributed by atoms with Crippen LogP contribution < -0.4 is 5.32 Å². The van der Waals surface area contributed by atoms with Crippen LogP contribution in [-0.2, 0) is 9.47 Å². The van der Waals surface area contributed by atoms with Crippen LogP contribution in [0.5, 0.6) is 0 Å². The van der Waals surface area contributed by atoms with Crippen LogP contribution in [0.4, 0.5) is 5.82 Å². The molecule has 0 aromatic carbocycles. The highest BCUT2D eigenvalue weighted by Crippen LogP contribution is 2.03. The molecule has 0 radical (unpaired) electrons. The minimum atomic E-state index is -0.585. The van der Waals surface area contributed by atoms with E-state index in [1.54, 1.807) is 6.07 Å². The first-order valence-corrected chi connectivity index (χ1v) is 5.49. The normalized spacial score (nSPS) is 11.9. The molecule has 0 bridgehead atoms. The molecule has 1 aromatic heterocycles. The Morgan fingerprint density at radius 1 is 1.56 bits per heavy atom. The van der Waals surface area contributed by atoms with Gasteiger partial charge in [0, 0.05) is 19.9 Å². The highest BCUT2D eigenvalue weighted by molar-refractivity contribution is 5.85. The molecule has 0 spiro atoms. The molecule has 0 amide bonds. The van der Waals surface area contributed by atoms with Crippen molar-refractivity contribution < 1.29 is 19.4 Å². The molecule has 100 valence electrons. The summed E-state index contributed by atoms with van der Waals surface area (Å²) in [5, 5.41) is 12.4. The van der Waals surface area contributed by atoms with Gasteiger partial charge in [-0.25, -0.2) is 14.8 Å². The van der Waals surface area contributed by atoms with Gasteiger partial charge in [0.2, 0.25) is 5.82 Å². The van der Waals surface area contributed by atoms with Crippen molar-refractivity contribution in [3.05, 3.63) is 18.1 Å². The summed E-state index contributed by atoms with van der Waals surface area (Å²) in [6.45, 7) is 0.807. The molecule has 1 aromatic rings. The molecule has 7 heteroatoms. The maximum absolute atomic E-state index is 11.2. The third-order valence-electron chi connectivity index (χ3n) is 2.17. The number of ether oxygens (including phenoxy) is 2. The largest absolute Gasteiger partial charge is 0.463 e. The molecule has 0 saturated heterocycles. The van der Waals surface area contributed by atoms with Crippen LogP contribution in [0.2, 0.25) is 0 Å². The van der Waals surface area contributed by atoms with Gasteiger partial charge in [0.15, 0.2) is 0 Å². The molecular weight excluding hydrogens is 238 g/mol. The first-order chi connectivity index (χ1) is 8.67. The number of aliphatic hydroxyl groups excluding tert-OH is 1. The van der Waals surface area contributed by atoms with E-state index in [0.717, 1.165) is 0 Å². The molecule has 7 nitrogen and oxygen atoms in total. The Morgan fingerprint density at radius 2 is 2.33 bits per heavy atom. The van der Waals surface area contributed by atoms with Gasteiger partial charge in [0.25, 0.3) is 0 Å². The minimum Gasteiger partial charge on any atom is -0.463 e. The maximum atomic E-state index is 11.2. The summed E-state index contributed by atoms with van der Waals surface area (Å²) >= 11 is 0. The molecule has 1 unspecified atom stereocenters. The lowest BCUT2D eigenvalue weighted by Crippen LogP contribution is -2.19. The van der Waals surface area contributed by atoms with Gasteiger partial charge < -0.3 is 19.9 Å². The highest BCUT2D eigenvalue weighted by Gasteiger charge is 2.09. The molecule has 0 aliphatic rings. The molecule has 1 atom stereocenters. The predicted molar refractivity (Wildman–Crippen MR) is 64.4 cm³/mol. The number of rotatable bonds is 7. The number of esters is 1. The lowest BCUT2D eigenvalue weighted by molar-refractivity contribution is 0.0586. The van der Waals surface area contributed by atoms with Crippen molar-refractivity contribution in [1.82, 2.24) is 9.97 Å². The Kier molecular flexibility index (Phi) is 6.03. The van der Waals surface area contributed by atoms with E-state index in [1.807, 2.05) is 0 Å². The number of aliphatic hydroxyl groups is 1. The van der Waals surface area contributed by atoms with Gasteiger partial charge in [-0.15, -0.1) is 0 Å². The standard InChI is InChI=1S/C11H17N3O4/c1-17-7-8(15)3-5-12-9-4-6-13-10(14-9)11(16)18-2/h4,6,8,15H,3,5,7H2,1-2H3,(H,12,13,14). The van der Waals surface area contributed by atoms with Gasteiger partial charge >= 0.3 is 5.97 Å². The number of anilines is 1. The van der Waals surface area contributed by atoms with E-state index in [4.69, 9.17) is 4.74 Å². The van der Waals surface area contributed by atoms with E-state index in [-0.39, 0.29) is 5.82 Å². The van der Waals surface area contributed by atoms with E-state index in [2.05, 4.69) is 20.0 Å². The van der Waals surface area contributed by atoms with Crippen LogP contribution in [-0.4, -0.2) is 54.5 Å². The van der Waals surface area contributed by atoms with Gasteiger partial charge in [0.05, 0.1) is 19.8 Å². The van der Waals surface area contributed by atoms with Gasteiger partial charge in [-0.3, -0.25) is 0 Å². The lowest BCUT2D eigenvalue weighted by atomic mass is 10.2. The van der Waals surface area contributed by atoms with Crippen LogP contribution in [0.15, 0.2) is 12.3 Å². The topological polar surface area (TPSA) is 93.6 Å². The molecule has 0 aliphatic carbocycles. The van der Waals surface area contributed by atoms with E-state index >= 15 is 0 Å². The molecule has 0 aliphatic heterocycles. The van der Waals surface area contributed by atoms with Crippen molar-refractivity contribution in [2.45, 2.75) is 12.5 Å². The van der Waals surface area contributed by atoms with Crippen molar-refractivity contribution >= 4 is 11.8 Å². The lowest BCUT2D eigenvalue weighted by Gasteiger charge is -2.10. The molecule has 1 rings (SSSR count). The third-order valence-corrected chi connectivity index (χ3v) is 2.17. The molecule has 0 saturated carbocycles. The summed E-state index contributed by atoms with van der Waals surface area (Å²) in [5.41, 5.74) is 0. The van der Waals surface area contributed by atoms with Gasteiger partial charge in [0.1, 0.15) is 5.82 Å². The average molecular weight is 255 g/mol. The zero-order chi connectivity index (χ0) is 13.4. The van der Waals surface area contributed by atoms with Crippen LogP contribution >= 0.6 is 0 Å². The SMILES string of the molecule is COCC(O)CCNc1ccnc(C(=O)OC)n1. The molecule has 18 heavy (non-hydrogen) atoms. The van der Waals surface area contributed by atoms with Crippen LogP contribution in [0, 0.1) is 0 Å². The number of carbonyl (C=O) groups excluding carboxylic acids is 1. The van der Waals surface area contributed by atoms with Crippen LogP contribution in [0.3, 0.4) is 0 Å². The third kappa shape index (κ3) is 4.64. The van der Waals surface area contributed by atoms with E-state index in [1.165, 1.54) is 20.4 Å². The first kappa shape index (κ1) is 14.3. The van der Waals surface area contributed by atoms with Crippen molar-refractivity contribution in [2.75, 3.05) is 32.7 Å². The number of hydrogen-bond acceptors (Lipinski definition) is 7. The number of aromatic nitrogens is 2. The Labute approximate surface area is 105 Å². The summed E-state index contributed by atoms with van der Waals surface area (Å²) < 4.78 is 9.32. The van der Waals surface area contributed by atoms with Gasteiger partial charge in [-0.1, -0.05) is 0 Å². The molecular formula is C11H17N3O4. The fourth-order valence-electron chi connectivity index (χ4n) is 1.29. The second-order valence-electron chi connectivity index (χ2n) is 3.58. The molecule has 2 N–H and O–H groups in total. The summed E-state index contributed by atoms with van der Waals surface area (Å²) in [4.78, 5) is 19.0. The maximum Gasteiger partial charge on any atom is 0.376 e. The van der Waals surface area contributed by atoms with Gasteiger partial charge in [-0.2, -0.15) is 0 Å². The Hall–Kier alpha value is -1.73. The van der Waals surface area contributed by atoms with Crippen molar-refractivity contribution in [3.8, 4) is 0 Å². The number of nitrogens with one attached hydrogen (secondary N) is 1. The first-order valence-electron chi connectivity index (χ1n) is 5.49. The second kappa shape index (κ2) is 7.57. The number of carbonyl (C=O) groups is 1. The van der Waals surface area contributed by atoms with E-state index < -0.39 is 12.1 Å². The summed E-state index contributed by atoms with van der Waals surface area (Å²) in [7, 11) is 2.80. The zero-order valence-electron chi connectivity index (χ0n) is 10.4. The van der Waals surface area contributed by atoms with E-state index in [9.17, 15) is 9.90 Å². The second-order valence-corrected chi connectivity index (χ2v) is 3.58. The highest BCUT2D eigenvalue weighted by atomic mass is 16.5. The molecule has 0 fully saturated rings. The Balaban J connectivity index is 2.45. The predicted octanol–water partition coefficient (Wildman–Crippen LogP) is 0.0725. The number of nitrogens with zero attached hydrogens (tertiary/aromatic N) is 2. The average Bonchev–Trinajstić information content (AvgIpc) is 2.38. The molecule has 1 heterocycles. The van der Waals surface area contributed by atoms with Crippen molar-refractivity contribution in [2.24, 2.45) is 0 Å². The zero-order valence-corrected chi connectivity index (χ0v) is 10.4. The minimum absolute atomic E-state index is 0.0000556. The van der Waals surface area contributed by atoms with Crippen molar-refractivity contribution in [1.29, 1.82) is 0 Å². The quantitative estimate of drug-likeness (QED) is 0.666. The fourth-order valence-corrected chi connectivity index (χ4v) is 1.29. The monoisotopic (exact) mass is 255 g/mol. The van der Waals surface area contributed by atoms with Crippen molar-refractivity contribution in [3.63, 3.8) is 0 Å². The fraction of sp³-hybridized carbons (Fsp3) is 0.545. The van der Waals surface area contributed by atoms with E-state index in [0.29, 0.717) is 25.4 Å². The Morgan fingerprint density at radius 3 is 3.00 bits per heavy atom. The smallest absolute Gasteiger partial charge is 0.376 e. The summed E-state index contributed by atoms with van der Waals surface area (Å²) in [6, 6.07) is 1.63. The van der Waals surface area contributed by atoms with Crippen LogP contribution in [0.1, 0.15) is 17.0 Å². The summed E-state index contributed by atoms with van der Waals surface area (Å²) in [6.07, 6.45) is 1.46. The number of methoxy groups -OCH3 is 2. The van der Waals surface area contributed by atoms with Gasteiger partial charge in [-0.05, 0) is 12.5 Å².